The molecule has 0 radical (unpaired) electrons. The quantitative estimate of drug-likeness (QED) is 0.743. The van der Waals surface area contributed by atoms with E-state index in [9.17, 15) is 4.79 Å². The average Bonchev–Trinajstić information content (AvgIpc) is 2.41. The van der Waals surface area contributed by atoms with Crippen LogP contribution in [0.3, 0.4) is 0 Å². The summed E-state index contributed by atoms with van der Waals surface area (Å²) < 4.78 is 6.35. The first kappa shape index (κ1) is 11.7. The normalized spacial score (nSPS) is 12.6. The highest BCUT2D eigenvalue weighted by Crippen LogP contribution is 2.21. The summed E-state index contributed by atoms with van der Waals surface area (Å²) in [5, 5.41) is 4.25. The third-order valence-electron chi connectivity index (χ3n) is 2.55. The molecule has 5 heteroatoms. The molecule has 0 aromatic carbocycles. The first-order valence-electron chi connectivity index (χ1n) is 4.79. The lowest BCUT2D eigenvalue weighted by Crippen LogP contribution is -2.17. The molecule has 2 N–H and O–H groups in total. The standard InChI is InChI=1S/C10H17N3O2/c1-6-10(7(2)13(3)12-6)8(11)5-9(14)15-4/h8H,5,11H2,1-4H3/t8-/m0/s1. The van der Waals surface area contributed by atoms with Crippen molar-refractivity contribution in [1.29, 1.82) is 0 Å². The van der Waals surface area contributed by atoms with Gasteiger partial charge in [0.25, 0.3) is 0 Å². The molecule has 0 aliphatic carbocycles. The van der Waals surface area contributed by atoms with E-state index in [0.29, 0.717) is 0 Å². The summed E-state index contributed by atoms with van der Waals surface area (Å²) in [5.41, 5.74) is 8.72. The van der Waals surface area contributed by atoms with E-state index in [4.69, 9.17) is 5.73 Å². The monoisotopic (exact) mass is 211 g/mol. The fourth-order valence-electron chi connectivity index (χ4n) is 1.69. The maximum absolute atomic E-state index is 11.1. The Hall–Kier alpha value is -1.36. The van der Waals surface area contributed by atoms with Crippen LogP contribution in [0.5, 0.6) is 0 Å². The number of hydrogen-bond acceptors (Lipinski definition) is 4. The molecule has 1 heterocycles. The van der Waals surface area contributed by atoms with E-state index in [1.54, 1.807) is 4.68 Å². The smallest absolute Gasteiger partial charge is 0.307 e. The van der Waals surface area contributed by atoms with E-state index >= 15 is 0 Å². The van der Waals surface area contributed by atoms with Crippen LogP contribution in [0.1, 0.15) is 29.4 Å². The molecule has 1 atom stereocenters. The van der Waals surface area contributed by atoms with Gasteiger partial charge in [-0.05, 0) is 13.8 Å². The van der Waals surface area contributed by atoms with Gasteiger partial charge in [0.05, 0.1) is 19.2 Å². The van der Waals surface area contributed by atoms with Crippen molar-refractivity contribution in [3.05, 3.63) is 17.0 Å². The predicted octanol–water partition coefficient (Wildman–Crippen LogP) is 0.600. The molecule has 0 saturated carbocycles. The summed E-state index contributed by atoms with van der Waals surface area (Å²) in [6.07, 6.45) is 0.184. The minimum atomic E-state index is -0.342. The number of hydrogen-bond donors (Lipinski definition) is 1. The Bertz CT molecular complexity index is 371. The molecule has 0 spiro atoms. The first-order chi connectivity index (χ1) is 6.97. The molecule has 1 aromatic heterocycles. The average molecular weight is 211 g/mol. The van der Waals surface area contributed by atoms with Crippen LogP contribution in [0, 0.1) is 13.8 Å². The number of aryl methyl sites for hydroxylation is 2. The molecule has 0 aliphatic rings. The van der Waals surface area contributed by atoms with Gasteiger partial charge in [-0.15, -0.1) is 0 Å². The van der Waals surface area contributed by atoms with Gasteiger partial charge < -0.3 is 10.5 Å². The SMILES string of the molecule is COC(=O)C[C@H](N)c1c(C)nn(C)c1C. The molecule has 1 aromatic rings. The molecular weight excluding hydrogens is 194 g/mol. The van der Waals surface area contributed by atoms with Crippen molar-refractivity contribution in [1.82, 2.24) is 9.78 Å². The highest BCUT2D eigenvalue weighted by molar-refractivity contribution is 5.70. The Kier molecular flexibility index (Phi) is 3.47. The molecular formula is C10H17N3O2. The van der Waals surface area contributed by atoms with Crippen molar-refractivity contribution in [2.45, 2.75) is 26.3 Å². The van der Waals surface area contributed by atoms with Gasteiger partial charge in [0, 0.05) is 24.3 Å². The molecule has 0 saturated heterocycles. The minimum absolute atomic E-state index is 0.184. The number of ether oxygens (including phenoxy) is 1. The minimum Gasteiger partial charge on any atom is -0.469 e. The van der Waals surface area contributed by atoms with Crippen molar-refractivity contribution in [2.75, 3.05) is 7.11 Å². The van der Waals surface area contributed by atoms with Crippen LogP contribution in [-0.4, -0.2) is 22.9 Å². The molecule has 0 unspecified atom stereocenters. The number of carbonyl (C=O) groups is 1. The van der Waals surface area contributed by atoms with Crippen molar-refractivity contribution in [2.24, 2.45) is 12.8 Å². The van der Waals surface area contributed by atoms with Gasteiger partial charge in [-0.2, -0.15) is 5.10 Å². The van der Waals surface area contributed by atoms with Gasteiger partial charge in [-0.25, -0.2) is 0 Å². The second-order valence-corrected chi connectivity index (χ2v) is 3.59. The van der Waals surface area contributed by atoms with Crippen molar-refractivity contribution >= 4 is 5.97 Å². The summed E-state index contributed by atoms with van der Waals surface area (Å²) in [6, 6.07) is -0.342. The predicted molar refractivity (Wildman–Crippen MR) is 56.2 cm³/mol. The second-order valence-electron chi connectivity index (χ2n) is 3.59. The number of nitrogens with two attached hydrogens (primary N) is 1. The highest BCUT2D eigenvalue weighted by atomic mass is 16.5. The molecule has 0 amide bonds. The van der Waals surface area contributed by atoms with E-state index in [1.807, 2.05) is 20.9 Å². The van der Waals surface area contributed by atoms with Crippen LogP contribution in [0.4, 0.5) is 0 Å². The number of nitrogens with zero attached hydrogens (tertiary/aromatic N) is 2. The van der Waals surface area contributed by atoms with E-state index in [0.717, 1.165) is 17.0 Å². The first-order valence-corrected chi connectivity index (χ1v) is 4.79. The fraction of sp³-hybridized carbons (Fsp3) is 0.600. The molecule has 15 heavy (non-hydrogen) atoms. The maximum Gasteiger partial charge on any atom is 0.307 e. The van der Waals surface area contributed by atoms with Gasteiger partial charge >= 0.3 is 5.97 Å². The Morgan fingerprint density at radius 1 is 1.60 bits per heavy atom. The van der Waals surface area contributed by atoms with Gasteiger partial charge in [-0.1, -0.05) is 0 Å². The van der Waals surface area contributed by atoms with Crippen LogP contribution in [-0.2, 0) is 16.6 Å². The van der Waals surface area contributed by atoms with Crippen molar-refractivity contribution in [3.8, 4) is 0 Å². The molecule has 0 fully saturated rings. The molecule has 5 nitrogen and oxygen atoms in total. The van der Waals surface area contributed by atoms with Crippen LogP contribution >= 0.6 is 0 Å². The Morgan fingerprint density at radius 3 is 2.60 bits per heavy atom. The van der Waals surface area contributed by atoms with Gasteiger partial charge in [-0.3, -0.25) is 9.48 Å². The Morgan fingerprint density at radius 2 is 2.20 bits per heavy atom. The summed E-state index contributed by atoms with van der Waals surface area (Å²) in [5.74, 6) is -0.301. The van der Waals surface area contributed by atoms with Gasteiger partial charge in [0.15, 0.2) is 0 Å². The summed E-state index contributed by atoms with van der Waals surface area (Å²) in [6.45, 7) is 3.83. The lowest BCUT2D eigenvalue weighted by molar-refractivity contribution is -0.141. The van der Waals surface area contributed by atoms with E-state index < -0.39 is 0 Å². The number of carbonyl (C=O) groups excluding carboxylic acids is 1. The number of rotatable bonds is 3. The zero-order valence-electron chi connectivity index (χ0n) is 9.57. The Balaban J connectivity index is 2.90. The maximum atomic E-state index is 11.1. The largest absolute Gasteiger partial charge is 0.469 e. The topological polar surface area (TPSA) is 70.1 Å². The zero-order chi connectivity index (χ0) is 11.6. The molecule has 0 aliphatic heterocycles. The highest BCUT2D eigenvalue weighted by Gasteiger charge is 2.19. The van der Waals surface area contributed by atoms with Crippen LogP contribution < -0.4 is 5.73 Å². The fourth-order valence-corrected chi connectivity index (χ4v) is 1.69. The number of methoxy groups -OCH3 is 1. The lowest BCUT2D eigenvalue weighted by Gasteiger charge is -2.10. The van der Waals surface area contributed by atoms with Gasteiger partial charge in [0.1, 0.15) is 0 Å². The molecule has 0 bridgehead atoms. The zero-order valence-corrected chi connectivity index (χ0v) is 9.57. The third kappa shape index (κ3) is 2.36. The second kappa shape index (κ2) is 4.44. The van der Waals surface area contributed by atoms with Crippen LogP contribution in [0.15, 0.2) is 0 Å². The van der Waals surface area contributed by atoms with E-state index in [1.165, 1.54) is 7.11 Å². The number of esters is 1. The molecule has 1 rings (SSSR count). The van der Waals surface area contributed by atoms with Crippen LogP contribution in [0.2, 0.25) is 0 Å². The van der Waals surface area contributed by atoms with E-state index in [2.05, 4.69) is 9.84 Å². The summed E-state index contributed by atoms with van der Waals surface area (Å²) in [4.78, 5) is 11.1. The summed E-state index contributed by atoms with van der Waals surface area (Å²) >= 11 is 0. The van der Waals surface area contributed by atoms with Crippen LogP contribution in [0.25, 0.3) is 0 Å². The van der Waals surface area contributed by atoms with Crippen molar-refractivity contribution < 1.29 is 9.53 Å². The summed E-state index contributed by atoms with van der Waals surface area (Å²) in [7, 11) is 3.22. The lowest BCUT2D eigenvalue weighted by atomic mass is 10.0. The van der Waals surface area contributed by atoms with Gasteiger partial charge in [0.2, 0.25) is 0 Å². The Labute approximate surface area is 89.2 Å². The molecule has 84 valence electrons. The van der Waals surface area contributed by atoms with E-state index in [-0.39, 0.29) is 18.4 Å². The third-order valence-corrected chi connectivity index (χ3v) is 2.55. The number of aromatic nitrogens is 2. The van der Waals surface area contributed by atoms with Crippen molar-refractivity contribution in [3.63, 3.8) is 0 Å².